The Balaban J connectivity index is 0.636. The molecule has 0 amide bonds. The summed E-state index contributed by atoms with van der Waals surface area (Å²) < 4.78 is 13.8. The van der Waals surface area contributed by atoms with Gasteiger partial charge in [-0.25, -0.2) is 0 Å². The zero-order valence-electron chi connectivity index (χ0n) is 62.9. The van der Waals surface area contributed by atoms with Crippen molar-refractivity contribution in [3.05, 3.63) is 302 Å². The van der Waals surface area contributed by atoms with Crippen molar-refractivity contribution in [2.75, 3.05) is 0 Å². The number of ether oxygens (including phenoxy) is 1. The fourth-order valence-electron chi connectivity index (χ4n) is 21.3. The minimum Gasteiger partial charge on any atom is -0.485 e. The van der Waals surface area contributed by atoms with E-state index in [9.17, 15) is 0 Å². The summed E-state index contributed by atoms with van der Waals surface area (Å²) in [6, 6.07) is 83.2. The lowest BCUT2D eigenvalue weighted by Crippen LogP contribution is -2.25. The topological polar surface area (TPSA) is 22.4 Å². The van der Waals surface area contributed by atoms with Gasteiger partial charge < -0.3 is 9.15 Å². The normalized spacial score (nSPS) is 17.8. The van der Waals surface area contributed by atoms with E-state index in [1.165, 1.54) is 238 Å². The maximum Gasteiger partial charge on any atom is 0.143 e. The van der Waals surface area contributed by atoms with Gasteiger partial charge in [0.25, 0.3) is 0 Å². The van der Waals surface area contributed by atoms with Crippen molar-refractivity contribution in [1.82, 2.24) is 0 Å². The second kappa shape index (κ2) is 24.3. The lowest BCUT2D eigenvalue weighted by atomic mass is 9.70. The molecule has 1 aliphatic heterocycles. The summed E-state index contributed by atoms with van der Waals surface area (Å²) in [7, 11) is 0. The molecule has 12 aromatic rings. The molecule has 0 saturated heterocycles. The van der Waals surface area contributed by atoms with Crippen LogP contribution in [-0.4, -0.2) is 6.10 Å². The smallest absolute Gasteiger partial charge is 0.143 e. The molecule has 19 rings (SSSR count). The van der Waals surface area contributed by atoms with E-state index in [0.29, 0.717) is 0 Å². The van der Waals surface area contributed by atoms with E-state index >= 15 is 0 Å². The van der Waals surface area contributed by atoms with Crippen molar-refractivity contribution < 1.29 is 9.15 Å². The Morgan fingerprint density at radius 2 is 0.885 bits per heavy atom. The molecule has 6 aliphatic carbocycles. The van der Waals surface area contributed by atoms with Crippen molar-refractivity contribution in [2.45, 2.75) is 205 Å². The zero-order chi connectivity index (χ0) is 70.8. The second-order valence-electron chi connectivity index (χ2n) is 34.4. The Morgan fingerprint density at radius 1 is 0.385 bits per heavy atom. The Morgan fingerprint density at radius 3 is 1.59 bits per heavy atom. The van der Waals surface area contributed by atoms with Crippen molar-refractivity contribution in [3.8, 4) is 72.5 Å². The molecule has 518 valence electrons. The standard InChI is InChI=1S/C102H98O2/c1-11-13-15-17-28-50-102(51-29-18-16-14-12-2)80-35-25-22-32-69(80)72-46-41-66(57-88(72)102)65-40-45-70-71-47-42-67(58-85(71)100(7,8)84(70)56-65)77-59-89-93(96-76-34-24-27-37-91(76)104-97(77)96)74-44-39-63(55-83(74)101(89,9)10)53-68(64-30-20-19-21-31-64)52-62-38-43-73-78-60-87-79(61-86(78)99(5,6)82(73)54-62)94-81(98(87,3)4)48-49-92-95(94)75-33-23-26-36-90(75)103-92/h19-27,30-48,54-61,68,92H,11-18,28-29,49-53H2,1-10H3. The number of rotatable bonds is 19. The first kappa shape index (κ1) is 65.3. The summed E-state index contributed by atoms with van der Waals surface area (Å²) in [5, 5.41) is 2.40. The molecule has 11 aromatic carbocycles. The fourth-order valence-corrected chi connectivity index (χ4v) is 21.3. The first-order valence-electron chi connectivity index (χ1n) is 39.7. The van der Waals surface area contributed by atoms with Crippen molar-refractivity contribution in [2.24, 2.45) is 0 Å². The summed E-state index contributed by atoms with van der Waals surface area (Å²) in [5.41, 5.74) is 41.2. The van der Waals surface area contributed by atoms with Gasteiger partial charge in [0.2, 0.25) is 0 Å². The van der Waals surface area contributed by atoms with Crippen LogP contribution >= 0.6 is 0 Å². The third-order valence-electron chi connectivity index (χ3n) is 26.9. The highest BCUT2D eigenvalue weighted by molar-refractivity contribution is 6.19. The van der Waals surface area contributed by atoms with Gasteiger partial charge in [0.15, 0.2) is 0 Å². The van der Waals surface area contributed by atoms with Crippen LogP contribution in [0.4, 0.5) is 0 Å². The molecular formula is C102H98O2. The van der Waals surface area contributed by atoms with E-state index in [1.54, 1.807) is 11.1 Å². The zero-order valence-corrected chi connectivity index (χ0v) is 62.9. The molecule has 2 heteroatoms. The Kier molecular flexibility index (Phi) is 15.2. The second-order valence-corrected chi connectivity index (χ2v) is 34.4. The summed E-state index contributed by atoms with van der Waals surface area (Å²) in [6.07, 6.45) is 20.8. The van der Waals surface area contributed by atoms with Crippen LogP contribution in [0.25, 0.3) is 99.8 Å². The molecule has 0 bridgehead atoms. The average molecular weight is 1360 g/mol. The van der Waals surface area contributed by atoms with Crippen LogP contribution in [0.3, 0.4) is 0 Å². The average Bonchev–Trinajstić information content (AvgIpc) is 1.54. The van der Waals surface area contributed by atoms with Crippen molar-refractivity contribution in [1.29, 1.82) is 0 Å². The Hall–Kier alpha value is -9.50. The molecule has 2 unspecified atom stereocenters. The quantitative estimate of drug-likeness (QED) is 0.0753. The highest BCUT2D eigenvalue weighted by Gasteiger charge is 2.49. The molecule has 0 fully saturated rings. The minimum atomic E-state index is -0.282. The van der Waals surface area contributed by atoms with Crippen LogP contribution in [0, 0.1) is 0 Å². The third-order valence-corrected chi connectivity index (χ3v) is 26.9. The predicted octanol–water partition coefficient (Wildman–Crippen LogP) is 27.7. The van der Waals surface area contributed by atoms with Gasteiger partial charge in [0.05, 0.1) is 0 Å². The molecule has 1 aromatic heterocycles. The summed E-state index contributed by atoms with van der Waals surface area (Å²) >= 11 is 0. The molecular weight excluding hydrogens is 1260 g/mol. The van der Waals surface area contributed by atoms with Gasteiger partial charge in [-0.05, 0) is 225 Å². The number of para-hydroxylation sites is 2. The molecule has 104 heavy (non-hydrogen) atoms. The van der Waals surface area contributed by atoms with E-state index in [4.69, 9.17) is 9.15 Å². The maximum absolute atomic E-state index is 7.19. The number of benzene rings is 11. The van der Waals surface area contributed by atoms with Gasteiger partial charge in [-0.1, -0.05) is 303 Å². The number of hydrogen-bond acceptors (Lipinski definition) is 2. The maximum atomic E-state index is 7.19. The third kappa shape index (κ3) is 9.77. The van der Waals surface area contributed by atoms with Crippen LogP contribution in [0.15, 0.2) is 228 Å². The number of furan rings is 1. The molecule has 0 N–H and O–H groups in total. The van der Waals surface area contributed by atoms with Gasteiger partial charge >= 0.3 is 0 Å². The highest BCUT2D eigenvalue weighted by atomic mass is 16.5. The molecule has 2 atom stereocenters. The predicted molar refractivity (Wildman–Crippen MR) is 437 cm³/mol. The number of unbranched alkanes of at least 4 members (excludes halogenated alkanes) is 8. The molecule has 7 aliphatic rings. The molecule has 0 saturated carbocycles. The first-order chi connectivity index (χ1) is 50.5. The number of allylic oxidation sites excluding steroid dienone is 2. The van der Waals surface area contributed by atoms with Crippen LogP contribution < -0.4 is 4.74 Å². The van der Waals surface area contributed by atoms with Gasteiger partial charge in [-0.15, -0.1) is 0 Å². The minimum absolute atomic E-state index is 0.0417. The number of hydrogen-bond donors (Lipinski definition) is 0. The van der Waals surface area contributed by atoms with Gasteiger partial charge in [-0.2, -0.15) is 0 Å². The van der Waals surface area contributed by atoms with Gasteiger partial charge in [0.1, 0.15) is 23.0 Å². The van der Waals surface area contributed by atoms with E-state index in [0.717, 1.165) is 36.2 Å². The lowest BCUT2D eigenvalue weighted by Gasteiger charge is -2.33. The molecule has 0 spiro atoms. The monoisotopic (exact) mass is 1350 g/mol. The van der Waals surface area contributed by atoms with E-state index in [2.05, 4.69) is 288 Å². The summed E-state index contributed by atoms with van der Waals surface area (Å²) in [4.78, 5) is 0. The molecule has 2 heterocycles. The van der Waals surface area contributed by atoms with Crippen LogP contribution in [-0.2, 0) is 39.9 Å². The Bertz CT molecular complexity index is 5590. The van der Waals surface area contributed by atoms with E-state index in [1.807, 2.05) is 0 Å². The fraction of sp³-hybridized carbons (Fsp3) is 0.314. The summed E-state index contributed by atoms with van der Waals surface area (Å²) in [5.74, 6) is 1.29. The van der Waals surface area contributed by atoms with E-state index in [-0.39, 0.29) is 39.1 Å². The number of fused-ring (bicyclic) bond motifs is 22. The van der Waals surface area contributed by atoms with Crippen LogP contribution in [0.2, 0.25) is 0 Å². The SMILES string of the molecule is CCCCCCCC1(CCCCCCC)c2ccccc2-c2ccc(-c3ccc4c(c3)C(C)(C)c3cc(-c5cc6c(c7c5oc5ccccc57)-c5ccc(CC(Cc7ccc8c(c7)C(C)(C)c7cc9c(cc7-8)C(C)(C)C7=CCC8Oc%10ccccc%10C8=C79)c7ccccc7)cc5C6(C)C)ccc3-4)cc21. The van der Waals surface area contributed by atoms with E-state index < -0.39 is 0 Å². The van der Waals surface area contributed by atoms with Crippen molar-refractivity contribution in [3.63, 3.8) is 0 Å². The Labute approximate surface area is 617 Å². The molecule has 2 nitrogen and oxygen atoms in total. The van der Waals surface area contributed by atoms with Crippen LogP contribution in [0.1, 0.15) is 237 Å². The largest absolute Gasteiger partial charge is 0.485 e. The first-order valence-corrected chi connectivity index (χ1v) is 39.7. The van der Waals surface area contributed by atoms with Gasteiger partial charge in [-0.3, -0.25) is 0 Å². The summed E-state index contributed by atoms with van der Waals surface area (Å²) in [6.45, 7) is 24.3. The molecule has 0 radical (unpaired) electrons. The van der Waals surface area contributed by atoms with Crippen molar-refractivity contribution >= 4 is 33.1 Å². The van der Waals surface area contributed by atoms with Crippen LogP contribution in [0.5, 0.6) is 5.75 Å². The lowest BCUT2D eigenvalue weighted by molar-refractivity contribution is 0.278. The van der Waals surface area contributed by atoms with Gasteiger partial charge in [0, 0.05) is 61.0 Å². The highest BCUT2D eigenvalue weighted by Crippen LogP contribution is 2.63.